The minimum atomic E-state index is -0.130. The molecule has 4 heteroatoms. The second-order valence-electron chi connectivity index (χ2n) is 9.61. The van der Waals surface area contributed by atoms with Crippen molar-refractivity contribution in [1.82, 2.24) is 0 Å². The third-order valence-electron chi connectivity index (χ3n) is 6.25. The van der Waals surface area contributed by atoms with Gasteiger partial charge in [-0.05, 0) is 44.4 Å². The molecule has 1 aliphatic carbocycles. The average Bonchev–Trinajstić information content (AvgIpc) is 2.74. The molecule has 1 saturated carbocycles. The Labute approximate surface area is 185 Å². The van der Waals surface area contributed by atoms with Crippen LogP contribution in [0, 0.1) is 17.8 Å². The van der Waals surface area contributed by atoms with E-state index >= 15 is 0 Å². The Kier molecular flexibility index (Phi) is 15.8. The first-order chi connectivity index (χ1) is 14.5. The number of hydrogen-bond acceptors (Lipinski definition) is 4. The summed E-state index contributed by atoms with van der Waals surface area (Å²) in [4.78, 5) is 24.7. The maximum absolute atomic E-state index is 12.4. The number of hydrogen-bond donors (Lipinski definition) is 0. The molecule has 2 unspecified atom stereocenters. The van der Waals surface area contributed by atoms with Gasteiger partial charge >= 0.3 is 11.9 Å². The molecule has 0 aliphatic heterocycles. The smallest absolute Gasteiger partial charge is 0.308 e. The second-order valence-corrected chi connectivity index (χ2v) is 9.61. The molecule has 0 aromatic heterocycles. The van der Waals surface area contributed by atoms with Gasteiger partial charge in [0.15, 0.2) is 0 Å². The number of esters is 2. The molecule has 1 rings (SSSR count). The molecule has 0 N–H and O–H groups in total. The van der Waals surface area contributed by atoms with E-state index in [9.17, 15) is 9.59 Å². The molecule has 30 heavy (non-hydrogen) atoms. The molecule has 4 nitrogen and oxygen atoms in total. The fourth-order valence-corrected chi connectivity index (χ4v) is 4.27. The van der Waals surface area contributed by atoms with E-state index in [-0.39, 0.29) is 23.8 Å². The molecule has 0 spiro atoms. The molecule has 0 saturated heterocycles. The van der Waals surface area contributed by atoms with Crippen molar-refractivity contribution in [1.29, 1.82) is 0 Å². The minimum Gasteiger partial charge on any atom is -0.465 e. The second kappa shape index (κ2) is 17.6. The van der Waals surface area contributed by atoms with Crippen LogP contribution in [-0.2, 0) is 19.1 Å². The van der Waals surface area contributed by atoms with Crippen LogP contribution in [0.3, 0.4) is 0 Å². The van der Waals surface area contributed by atoms with Crippen molar-refractivity contribution >= 4 is 11.9 Å². The van der Waals surface area contributed by atoms with E-state index in [1.165, 1.54) is 51.4 Å². The molecule has 0 aromatic carbocycles. The molecule has 0 aromatic rings. The summed E-state index contributed by atoms with van der Waals surface area (Å²) < 4.78 is 11.0. The minimum absolute atomic E-state index is 0.107. The molecule has 0 heterocycles. The first kappa shape index (κ1) is 27.0. The van der Waals surface area contributed by atoms with Crippen LogP contribution in [0.15, 0.2) is 0 Å². The van der Waals surface area contributed by atoms with Crippen molar-refractivity contribution < 1.29 is 19.1 Å². The summed E-state index contributed by atoms with van der Waals surface area (Å²) in [6, 6.07) is 0. The normalized spacial score (nSPS) is 19.1. The van der Waals surface area contributed by atoms with Crippen molar-refractivity contribution in [3.63, 3.8) is 0 Å². The molecule has 0 radical (unpaired) electrons. The zero-order chi connectivity index (χ0) is 22.0. The van der Waals surface area contributed by atoms with Crippen molar-refractivity contribution in [3.05, 3.63) is 0 Å². The van der Waals surface area contributed by atoms with Crippen LogP contribution in [-0.4, -0.2) is 25.2 Å². The van der Waals surface area contributed by atoms with Crippen LogP contribution in [0.2, 0.25) is 0 Å². The Morgan fingerprint density at radius 1 is 0.733 bits per heavy atom. The van der Waals surface area contributed by atoms with E-state index in [1.807, 2.05) is 0 Å². The number of carbonyl (C=O) groups is 2. The van der Waals surface area contributed by atoms with Crippen LogP contribution in [0.4, 0.5) is 0 Å². The number of unbranched alkanes of at least 4 members (excludes halogenated alkanes) is 9. The van der Waals surface area contributed by atoms with Gasteiger partial charge in [-0.2, -0.15) is 0 Å². The van der Waals surface area contributed by atoms with Gasteiger partial charge in [-0.1, -0.05) is 85.0 Å². The van der Waals surface area contributed by atoms with Crippen molar-refractivity contribution in [2.75, 3.05) is 13.2 Å². The topological polar surface area (TPSA) is 52.6 Å². The lowest BCUT2D eigenvalue weighted by Crippen LogP contribution is -2.30. The van der Waals surface area contributed by atoms with Gasteiger partial charge in [-0.15, -0.1) is 0 Å². The van der Waals surface area contributed by atoms with Crippen LogP contribution in [0.5, 0.6) is 0 Å². The molecule has 176 valence electrons. The highest BCUT2D eigenvalue weighted by Crippen LogP contribution is 2.31. The summed E-state index contributed by atoms with van der Waals surface area (Å²) in [5.41, 5.74) is 0. The van der Waals surface area contributed by atoms with Crippen LogP contribution in [0.25, 0.3) is 0 Å². The lowest BCUT2D eigenvalue weighted by Gasteiger charge is -2.26. The number of ether oxygens (including phenoxy) is 2. The van der Waals surface area contributed by atoms with E-state index in [1.54, 1.807) is 0 Å². The van der Waals surface area contributed by atoms with Gasteiger partial charge in [0.1, 0.15) is 0 Å². The van der Waals surface area contributed by atoms with Gasteiger partial charge in [0.2, 0.25) is 0 Å². The summed E-state index contributed by atoms with van der Waals surface area (Å²) in [6.45, 7) is 7.70. The predicted octanol–water partition coefficient (Wildman–Crippen LogP) is 7.24. The third-order valence-corrected chi connectivity index (χ3v) is 6.25. The fourth-order valence-electron chi connectivity index (χ4n) is 4.27. The number of rotatable bonds is 17. The van der Waals surface area contributed by atoms with Crippen molar-refractivity contribution in [3.8, 4) is 0 Å². The highest BCUT2D eigenvalue weighted by atomic mass is 16.5. The largest absolute Gasteiger partial charge is 0.465 e. The standard InChI is InChI=1S/C26H48O4/c1-4-5-6-7-8-9-10-11-13-19-29-25(27)23-17-15-18-24(21-23)26(28)30-20-14-12-16-22(2)3/h22-24H,4-21H2,1-3H3. The lowest BCUT2D eigenvalue weighted by atomic mass is 9.81. The van der Waals surface area contributed by atoms with Gasteiger partial charge in [0.05, 0.1) is 25.0 Å². The first-order valence-corrected chi connectivity index (χ1v) is 12.9. The number of carbonyl (C=O) groups excluding carboxylic acids is 2. The van der Waals surface area contributed by atoms with E-state index in [4.69, 9.17) is 9.47 Å². The zero-order valence-electron chi connectivity index (χ0n) is 20.1. The molecular formula is C26H48O4. The Balaban J connectivity index is 2.09. The van der Waals surface area contributed by atoms with E-state index in [0.29, 0.717) is 25.6 Å². The van der Waals surface area contributed by atoms with Crippen LogP contribution < -0.4 is 0 Å². The molecular weight excluding hydrogens is 376 g/mol. The zero-order valence-corrected chi connectivity index (χ0v) is 20.1. The predicted molar refractivity (Wildman–Crippen MR) is 123 cm³/mol. The first-order valence-electron chi connectivity index (χ1n) is 12.9. The average molecular weight is 425 g/mol. The molecule has 1 fully saturated rings. The summed E-state index contributed by atoms with van der Waals surface area (Å²) in [5, 5.41) is 0. The van der Waals surface area contributed by atoms with E-state index in [2.05, 4.69) is 20.8 Å². The quantitative estimate of drug-likeness (QED) is 0.182. The van der Waals surface area contributed by atoms with Crippen molar-refractivity contribution in [2.45, 2.75) is 124 Å². The Morgan fingerprint density at radius 3 is 1.70 bits per heavy atom. The van der Waals surface area contributed by atoms with Gasteiger partial charge in [-0.25, -0.2) is 0 Å². The Bertz CT molecular complexity index is 446. The van der Waals surface area contributed by atoms with Crippen LogP contribution in [0.1, 0.15) is 124 Å². The van der Waals surface area contributed by atoms with Gasteiger partial charge in [-0.3, -0.25) is 9.59 Å². The maximum Gasteiger partial charge on any atom is 0.308 e. The van der Waals surface area contributed by atoms with E-state index < -0.39 is 0 Å². The van der Waals surface area contributed by atoms with Gasteiger partial charge in [0.25, 0.3) is 0 Å². The summed E-state index contributed by atoms with van der Waals surface area (Å²) in [7, 11) is 0. The summed E-state index contributed by atoms with van der Waals surface area (Å²) in [6.07, 6.45) is 17.7. The molecule has 0 amide bonds. The van der Waals surface area contributed by atoms with E-state index in [0.717, 1.165) is 44.9 Å². The Hall–Kier alpha value is -1.06. The molecule has 1 aliphatic rings. The highest BCUT2D eigenvalue weighted by molar-refractivity contribution is 5.76. The maximum atomic E-state index is 12.4. The van der Waals surface area contributed by atoms with Crippen LogP contribution >= 0.6 is 0 Å². The molecule has 2 atom stereocenters. The van der Waals surface area contributed by atoms with Crippen molar-refractivity contribution in [2.24, 2.45) is 17.8 Å². The monoisotopic (exact) mass is 424 g/mol. The van der Waals surface area contributed by atoms with Gasteiger partial charge < -0.3 is 9.47 Å². The fraction of sp³-hybridized carbons (Fsp3) is 0.923. The lowest BCUT2D eigenvalue weighted by molar-refractivity contribution is -0.155. The third kappa shape index (κ3) is 13.3. The Morgan fingerprint density at radius 2 is 1.20 bits per heavy atom. The summed E-state index contributed by atoms with van der Waals surface area (Å²) in [5.74, 6) is 0.214. The summed E-state index contributed by atoms with van der Waals surface area (Å²) >= 11 is 0. The van der Waals surface area contributed by atoms with Gasteiger partial charge in [0, 0.05) is 0 Å². The SMILES string of the molecule is CCCCCCCCCCCOC(=O)C1CCCC(C(=O)OCCCCC(C)C)C1. The molecule has 0 bridgehead atoms. The highest BCUT2D eigenvalue weighted by Gasteiger charge is 2.32.